The number of nitrogens with two attached hydrogens (primary N) is 1. The van der Waals surface area contributed by atoms with Gasteiger partial charge in [-0.1, -0.05) is 6.07 Å². The van der Waals surface area contributed by atoms with E-state index in [0.29, 0.717) is 0 Å². The third kappa shape index (κ3) is 4.83. The number of hydrogen-bond acceptors (Lipinski definition) is 5. The van der Waals surface area contributed by atoms with Gasteiger partial charge in [-0.15, -0.1) is 13.2 Å². The Morgan fingerprint density at radius 3 is 2.72 bits per heavy atom. The molecule has 0 heterocycles. The minimum atomic E-state index is -4.75. The van der Waals surface area contributed by atoms with Gasteiger partial charge in [-0.25, -0.2) is 0 Å². The highest BCUT2D eigenvalue weighted by molar-refractivity contribution is 6.31. The van der Waals surface area contributed by atoms with Crippen LogP contribution >= 0.6 is 0 Å². The molecule has 1 aromatic rings. The Balaban J connectivity index is 2.83. The van der Waals surface area contributed by atoms with E-state index >= 15 is 0 Å². The monoisotopic (exact) mass is 261 g/mol. The molecule has 0 aliphatic heterocycles. The van der Waals surface area contributed by atoms with Crippen molar-refractivity contribution >= 4 is 17.6 Å². The van der Waals surface area contributed by atoms with Gasteiger partial charge in [0.1, 0.15) is 11.5 Å². The molecule has 8 heteroatoms. The Hall–Kier alpha value is -2.09. The van der Waals surface area contributed by atoms with Crippen LogP contribution in [0, 0.1) is 0 Å². The fraction of sp³-hybridized carbons (Fsp3) is 0.200. The topological polar surface area (TPSA) is 80.2 Å². The summed E-state index contributed by atoms with van der Waals surface area (Å²) in [5, 5.41) is 11.9. The van der Waals surface area contributed by atoms with E-state index in [-0.39, 0.29) is 17.1 Å². The van der Waals surface area contributed by atoms with E-state index in [1.165, 1.54) is 12.1 Å². The summed E-state index contributed by atoms with van der Waals surface area (Å²) >= 11 is 0. The van der Waals surface area contributed by atoms with E-state index in [4.69, 9.17) is 10.9 Å². The molecule has 0 bridgehead atoms. The van der Waals surface area contributed by atoms with Crippen LogP contribution in [0.25, 0.3) is 0 Å². The van der Waals surface area contributed by atoms with E-state index in [1.807, 2.05) is 0 Å². The van der Waals surface area contributed by atoms with Gasteiger partial charge in [0.2, 0.25) is 0 Å². The SMILES string of the molecule is NN=C(C=Nc1cccc(OC(F)(F)F)c1)CO. The van der Waals surface area contributed by atoms with Gasteiger partial charge in [0.05, 0.1) is 18.5 Å². The summed E-state index contributed by atoms with van der Waals surface area (Å²) in [6, 6.07) is 5.06. The highest BCUT2D eigenvalue weighted by atomic mass is 19.4. The van der Waals surface area contributed by atoms with Crippen molar-refractivity contribution in [2.24, 2.45) is 15.9 Å². The third-order valence-corrected chi connectivity index (χ3v) is 1.74. The summed E-state index contributed by atoms with van der Waals surface area (Å²) in [5.41, 5.74) is 0.309. The molecule has 1 rings (SSSR count). The number of ether oxygens (including phenoxy) is 1. The Morgan fingerprint density at radius 2 is 2.17 bits per heavy atom. The molecule has 0 atom stereocenters. The molecule has 0 unspecified atom stereocenters. The standard InChI is InChI=1S/C10H10F3N3O2/c11-10(12,13)18-9-3-1-2-7(4-9)15-5-8(6-17)16-14/h1-5,17H,6,14H2. The molecule has 98 valence electrons. The second-order valence-corrected chi connectivity index (χ2v) is 3.08. The van der Waals surface area contributed by atoms with E-state index in [1.54, 1.807) is 0 Å². The van der Waals surface area contributed by atoms with Gasteiger partial charge >= 0.3 is 6.36 Å². The molecule has 0 saturated heterocycles. The molecule has 18 heavy (non-hydrogen) atoms. The number of halogens is 3. The number of nitrogens with zero attached hydrogens (tertiary/aromatic N) is 2. The first-order chi connectivity index (χ1) is 8.44. The maximum atomic E-state index is 12.0. The summed E-state index contributed by atoms with van der Waals surface area (Å²) in [7, 11) is 0. The van der Waals surface area contributed by atoms with Crippen LogP contribution < -0.4 is 10.6 Å². The number of rotatable bonds is 4. The second kappa shape index (κ2) is 6.01. The summed E-state index contributed by atoms with van der Waals surface area (Å²) in [4.78, 5) is 3.80. The van der Waals surface area contributed by atoms with Crippen molar-refractivity contribution in [3.8, 4) is 5.75 Å². The zero-order chi connectivity index (χ0) is 13.6. The van der Waals surface area contributed by atoms with Crippen molar-refractivity contribution in [3.05, 3.63) is 24.3 Å². The number of aliphatic hydroxyl groups excluding tert-OH is 1. The first-order valence-corrected chi connectivity index (χ1v) is 4.72. The smallest absolute Gasteiger partial charge is 0.406 e. The van der Waals surface area contributed by atoms with Crippen LogP contribution in [0.4, 0.5) is 18.9 Å². The highest BCUT2D eigenvalue weighted by Gasteiger charge is 2.31. The quantitative estimate of drug-likeness (QED) is 0.490. The summed E-state index contributed by atoms with van der Waals surface area (Å²) in [5.74, 6) is 4.54. The molecular formula is C10H10F3N3O2. The van der Waals surface area contributed by atoms with Crippen LogP contribution in [0.2, 0.25) is 0 Å². The number of benzene rings is 1. The van der Waals surface area contributed by atoms with Crippen LogP contribution in [0.5, 0.6) is 5.75 Å². The summed E-state index contributed by atoms with van der Waals surface area (Å²) < 4.78 is 39.6. The predicted octanol–water partition coefficient (Wildman–Crippen LogP) is 1.59. The van der Waals surface area contributed by atoms with Crippen LogP contribution in [0.3, 0.4) is 0 Å². The van der Waals surface area contributed by atoms with Crippen molar-refractivity contribution < 1.29 is 23.0 Å². The van der Waals surface area contributed by atoms with Gasteiger partial charge in [-0.3, -0.25) is 4.99 Å². The lowest BCUT2D eigenvalue weighted by molar-refractivity contribution is -0.274. The minimum Gasteiger partial charge on any atom is -0.406 e. The average molecular weight is 261 g/mol. The zero-order valence-electron chi connectivity index (χ0n) is 9.05. The largest absolute Gasteiger partial charge is 0.573 e. The lowest BCUT2D eigenvalue weighted by atomic mass is 10.3. The molecule has 0 aliphatic carbocycles. The maximum absolute atomic E-state index is 12.0. The fourth-order valence-corrected chi connectivity index (χ4v) is 1.02. The molecule has 0 aromatic heterocycles. The third-order valence-electron chi connectivity index (χ3n) is 1.74. The fourth-order valence-electron chi connectivity index (χ4n) is 1.02. The molecule has 3 N–H and O–H groups in total. The van der Waals surface area contributed by atoms with Gasteiger partial charge in [-0.05, 0) is 12.1 Å². The molecule has 1 aromatic carbocycles. The van der Waals surface area contributed by atoms with Crippen molar-refractivity contribution in [2.45, 2.75) is 6.36 Å². The molecular weight excluding hydrogens is 251 g/mol. The van der Waals surface area contributed by atoms with Crippen molar-refractivity contribution in [1.82, 2.24) is 0 Å². The summed E-state index contributed by atoms with van der Waals surface area (Å²) in [6.07, 6.45) is -3.61. The number of hydrazone groups is 1. The Bertz CT molecular complexity index is 458. The molecule has 0 spiro atoms. The van der Waals surface area contributed by atoms with Gasteiger partial charge in [0, 0.05) is 6.07 Å². The maximum Gasteiger partial charge on any atom is 0.573 e. The zero-order valence-corrected chi connectivity index (χ0v) is 9.05. The van der Waals surface area contributed by atoms with Crippen LogP contribution in [0.15, 0.2) is 34.4 Å². The van der Waals surface area contributed by atoms with Crippen molar-refractivity contribution in [3.63, 3.8) is 0 Å². The molecule has 5 nitrogen and oxygen atoms in total. The highest BCUT2D eigenvalue weighted by Crippen LogP contribution is 2.25. The van der Waals surface area contributed by atoms with E-state index < -0.39 is 13.0 Å². The van der Waals surface area contributed by atoms with Crippen LogP contribution in [-0.4, -0.2) is 30.0 Å². The molecule has 0 fully saturated rings. The Labute approximate surface area is 100 Å². The number of hydrogen-bond donors (Lipinski definition) is 2. The normalized spacial score (nSPS) is 13.0. The molecule has 0 aliphatic rings. The first kappa shape index (κ1) is 14.0. The van der Waals surface area contributed by atoms with Crippen LogP contribution in [0.1, 0.15) is 0 Å². The summed E-state index contributed by atoms with van der Waals surface area (Å²) in [6.45, 7) is -0.418. The van der Waals surface area contributed by atoms with Gasteiger partial charge in [0.15, 0.2) is 0 Å². The van der Waals surface area contributed by atoms with Gasteiger partial charge < -0.3 is 15.7 Å². The Kier molecular flexibility index (Phi) is 4.67. The predicted molar refractivity (Wildman–Crippen MR) is 60.0 cm³/mol. The number of aliphatic hydroxyl groups is 1. The molecule has 0 amide bonds. The van der Waals surface area contributed by atoms with E-state index in [9.17, 15) is 13.2 Å². The number of alkyl halides is 3. The van der Waals surface area contributed by atoms with Crippen molar-refractivity contribution in [1.29, 1.82) is 0 Å². The Morgan fingerprint density at radius 1 is 1.44 bits per heavy atom. The molecule has 0 radical (unpaired) electrons. The lowest BCUT2D eigenvalue weighted by Crippen LogP contribution is -2.16. The first-order valence-electron chi connectivity index (χ1n) is 4.72. The van der Waals surface area contributed by atoms with E-state index in [2.05, 4.69) is 14.8 Å². The van der Waals surface area contributed by atoms with Crippen LogP contribution in [-0.2, 0) is 0 Å². The van der Waals surface area contributed by atoms with Gasteiger partial charge in [-0.2, -0.15) is 5.10 Å². The lowest BCUT2D eigenvalue weighted by Gasteiger charge is -2.08. The van der Waals surface area contributed by atoms with Gasteiger partial charge in [0.25, 0.3) is 0 Å². The van der Waals surface area contributed by atoms with Crippen molar-refractivity contribution in [2.75, 3.05) is 6.61 Å². The minimum absolute atomic E-state index is 0.0946. The molecule has 0 saturated carbocycles. The average Bonchev–Trinajstić information content (AvgIpc) is 2.28. The second-order valence-electron chi connectivity index (χ2n) is 3.08. The number of aliphatic imine (C=N–C) groups is 1. The van der Waals surface area contributed by atoms with E-state index in [0.717, 1.165) is 18.3 Å².